The van der Waals surface area contributed by atoms with Crippen molar-refractivity contribution in [3.8, 4) is 11.5 Å². The Labute approximate surface area is 181 Å². The number of aromatic nitrogens is 2. The molecule has 0 aliphatic rings. The van der Waals surface area contributed by atoms with Gasteiger partial charge in [-0.1, -0.05) is 47.1 Å². The van der Waals surface area contributed by atoms with Gasteiger partial charge in [0.25, 0.3) is 11.1 Å². The fourth-order valence-corrected chi connectivity index (χ4v) is 3.33. The molecule has 1 atom stereocenters. The summed E-state index contributed by atoms with van der Waals surface area (Å²) in [6, 6.07) is 12.1. The van der Waals surface area contributed by atoms with Crippen LogP contribution in [0, 0.1) is 0 Å². The fourth-order valence-electron chi connectivity index (χ4n) is 2.26. The molecule has 2 aromatic carbocycles. The topological polar surface area (TPSA) is 86.5 Å². The molecule has 1 N–H and O–H groups in total. The predicted octanol–water partition coefficient (Wildman–Crippen LogP) is 5.08. The number of nitrogens with zero attached hydrogens (tertiary/aromatic N) is 2. The van der Waals surface area contributed by atoms with E-state index >= 15 is 0 Å². The minimum Gasteiger partial charge on any atom is -0.495 e. The third-order valence-corrected chi connectivity index (χ3v) is 5.18. The standard InChI is InChI=1S/C19H17Cl2N3O4S/c1-11(18(25)22-14-9-12(20)7-8-16(14)26-2)29-19-24-23-17(28-19)10-27-15-6-4-3-5-13(15)21/h3-9,11H,10H2,1-2H3,(H,22,25). The molecule has 7 nitrogen and oxygen atoms in total. The van der Waals surface area contributed by atoms with Gasteiger partial charge in [0.1, 0.15) is 11.5 Å². The molecule has 1 amide bonds. The number of carbonyl (C=O) groups excluding carboxylic acids is 1. The van der Waals surface area contributed by atoms with Gasteiger partial charge in [0.2, 0.25) is 5.91 Å². The molecule has 0 saturated carbocycles. The Hall–Kier alpha value is -2.42. The molecule has 0 spiro atoms. The third kappa shape index (κ3) is 5.79. The molecule has 0 aliphatic heterocycles. The molecule has 0 radical (unpaired) electrons. The minimum atomic E-state index is -0.503. The summed E-state index contributed by atoms with van der Waals surface area (Å²) in [7, 11) is 1.52. The molecule has 1 unspecified atom stereocenters. The van der Waals surface area contributed by atoms with Crippen LogP contribution in [0.2, 0.25) is 10.0 Å². The summed E-state index contributed by atoms with van der Waals surface area (Å²) >= 11 is 13.2. The zero-order chi connectivity index (χ0) is 20.8. The Balaban J connectivity index is 1.57. The van der Waals surface area contributed by atoms with E-state index in [1.807, 2.05) is 12.1 Å². The van der Waals surface area contributed by atoms with E-state index in [9.17, 15) is 4.79 Å². The van der Waals surface area contributed by atoms with E-state index in [-0.39, 0.29) is 23.6 Å². The lowest BCUT2D eigenvalue weighted by Crippen LogP contribution is -2.22. The number of thioether (sulfide) groups is 1. The van der Waals surface area contributed by atoms with Gasteiger partial charge in [0, 0.05) is 5.02 Å². The van der Waals surface area contributed by atoms with Crippen LogP contribution in [0.1, 0.15) is 12.8 Å². The number of nitrogens with one attached hydrogen (secondary N) is 1. The van der Waals surface area contributed by atoms with Crippen molar-refractivity contribution in [2.45, 2.75) is 24.0 Å². The fraction of sp³-hybridized carbons (Fsp3) is 0.211. The Bertz CT molecular complexity index is 999. The number of benzene rings is 2. The number of hydrogen-bond donors (Lipinski definition) is 1. The molecular weight excluding hydrogens is 437 g/mol. The number of anilines is 1. The van der Waals surface area contributed by atoms with Crippen molar-refractivity contribution in [1.82, 2.24) is 10.2 Å². The van der Waals surface area contributed by atoms with Gasteiger partial charge in [0.05, 0.1) is 23.1 Å². The smallest absolute Gasteiger partial charge is 0.277 e. The summed E-state index contributed by atoms with van der Waals surface area (Å²) < 4.78 is 16.3. The maximum atomic E-state index is 12.5. The number of hydrogen-bond acceptors (Lipinski definition) is 7. The SMILES string of the molecule is COc1ccc(Cl)cc1NC(=O)C(C)Sc1nnc(COc2ccccc2Cl)o1. The second kappa shape index (κ2) is 9.87. The molecule has 10 heteroatoms. The van der Waals surface area contributed by atoms with Crippen LogP contribution < -0.4 is 14.8 Å². The van der Waals surface area contributed by atoms with Crippen molar-refractivity contribution >= 4 is 46.6 Å². The van der Waals surface area contributed by atoms with Crippen molar-refractivity contribution < 1.29 is 18.7 Å². The van der Waals surface area contributed by atoms with Crippen molar-refractivity contribution in [3.05, 3.63) is 58.4 Å². The quantitative estimate of drug-likeness (QED) is 0.475. The number of halogens is 2. The lowest BCUT2D eigenvalue weighted by atomic mass is 10.3. The van der Waals surface area contributed by atoms with Gasteiger partial charge < -0.3 is 19.2 Å². The van der Waals surface area contributed by atoms with Crippen LogP contribution in [-0.4, -0.2) is 28.5 Å². The first-order valence-corrected chi connectivity index (χ1v) is 10.1. The Kier molecular flexibility index (Phi) is 7.24. The number of para-hydroxylation sites is 1. The molecule has 0 saturated heterocycles. The summed E-state index contributed by atoms with van der Waals surface area (Å²) in [4.78, 5) is 12.5. The zero-order valence-electron chi connectivity index (χ0n) is 15.5. The van der Waals surface area contributed by atoms with Gasteiger partial charge in [-0.2, -0.15) is 0 Å². The molecule has 29 heavy (non-hydrogen) atoms. The van der Waals surface area contributed by atoms with E-state index in [1.54, 1.807) is 37.3 Å². The average molecular weight is 454 g/mol. The highest BCUT2D eigenvalue weighted by atomic mass is 35.5. The van der Waals surface area contributed by atoms with Gasteiger partial charge >= 0.3 is 0 Å². The van der Waals surface area contributed by atoms with Gasteiger partial charge in [0.15, 0.2) is 6.61 Å². The predicted molar refractivity (Wildman–Crippen MR) is 112 cm³/mol. The van der Waals surface area contributed by atoms with Crippen LogP contribution in [0.4, 0.5) is 5.69 Å². The molecule has 1 aromatic heterocycles. The first kappa shape index (κ1) is 21.3. The van der Waals surface area contributed by atoms with E-state index in [0.717, 1.165) is 11.8 Å². The van der Waals surface area contributed by atoms with E-state index < -0.39 is 5.25 Å². The van der Waals surface area contributed by atoms with Gasteiger partial charge in [-0.3, -0.25) is 4.79 Å². The lowest BCUT2D eigenvalue weighted by Gasteiger charge is -2.13. The first-order chi connectivity index (χ1) is 14.0. The average Bonchev–Trinajstić information content (AvgIpc) is 3.15. The van der Waals surface area contributed by atoms with Crippen LogP contribution >= 0.6 is 35.0 Å². The van der Waals surface area contributed by atoms with Crippen LogP contribution in [-0.2, 0) is 11.4 Å². The summed E-state index contributed by atoms with van der Waals surface area (Å²) in [5.41, 5.74) is 0.483. The largest absolute Gasteiger partial charge is 0.495 e. The maximum Gasteiger partial charge on any atom is 0.277 e. The number of rotatable bonds is 8. The van der Waals surface area contributed by atoms with Crippen LogP contribution in [0.15, 0.2) is 52.1 Å². The maximum absolute atomic E-state index is 12.5. The zero-order valence-corrected chi connectivity index (χ0v) is 17.8. The Morgan fingerprint density at radius 3 is 2.76 bits per heavy atom. The van der Waals surface area contributed by atoms with Gasteiger partial charge in [-0.05, 0) is 37.3 Å². The minimum absolute atomic E-state index is 0.0670. The summed E-state index contributed by atoms with van der Waals surface area (Å²) in [5.74, 6) is 1.04. The number of ether oxygens (including phenoxy) is 2. The number of carbonyl (C=O) groups is 1. The van der Waals surface area contributed by atoms with Gasteiger partial charge in [-0.25, -0.2) is 0 Å². The van der Waals surface area contributed by atoms with Crippen LogP contribution in [0.3, 0.4) is 0 Å². The highest BCUT2D eigenvalue weighted by Gasteiger charge is 2.20. The summed E-state index contributed by atoms with van der Waals surface area (Å²) in [5, 5.41) is 11.4. The van der Waals surface area contributed by atoms with Crippen LogP contribution in [0.25, 0.3) is 0 Å². The molecule has 0 fully saturated rings. The molecule has 1 heterocycles. The Morgan fingerprint density at radius 2 is 2.00 bits per heavy atom. The molecular formula is C19H17Cl2N3O4S. The molecule has 0 bridgehead atoms. The van der Waals surface area contributed by atoms with Crippen molar-refractivity contribution in [3.63, 3.8) is 0 Å². The molecule has 0 aliphatic carbocycles. The molecule has 152 valence electrons. The van der Waals surface area contributed by atoms with E-state index in [4.69, 9.17) is 37.1 Å². The van der Waals surface area contributed by atoms with Crippen molar-refractivity contribution in [1.29, 1.82) is 0 Å². The monoisotopic (exact) mass is 453 g/mol. The summed E-state index contributed by atoms with van der Waals surface area (Å²) in [6.07, 6.45) is 0. The van der Waals surface area contributed by atoms with Gasteiger partial charge in [-0.15, -0.1) is 10.2 Å². The number of methoxy groups -OCH3 is 1. The first-order valence-electron chi connectivity index (χ1n) is 8.47. The second-order valence-electron chi connectivity index (χ2n) is 5.77. The van der Waals surface area contributed by atoms with Crippen LogP contribution in [0.5, 0.6) is 11.5 Å². The second-order valence-corrected chi connectivity index (χ2v) is 7.91. The Morgan fingerprint density at radius 1 is 1.21 bits per heavy atom. The van der Waals surface area contributed by atoms with E-state index in [0.29, 0.717) is 27.2 Å². The van der Waals surface area contributed by atoms with E-state index in [2.05, 4.69) is 15.5 Å². The lowest BCUT2D eigenvalue weighted by molar-refractivity contribution is -0.115. The number of amides is 1. The van der Waals surface area contributed by atoms with Crippen molar-refractivity contribution in [2.24, 2.45) is 0 Å². The van der Waals surface area contributed by atoms with Crippen molar-refractivity contribution in [2.75, 3.05) is 12.4 Å². The summed E-state index contributed by atoms with van der Waals surface area (Å²) in [6.45, 7) is 1.79. The normalized spacial score (nSPS) is 11.7. The highest BCUT2D eigenvalue weighted by Crippen LogP contribution is 2.30. The highest BCUT2D eigenvalue weighted by molar-refractivity contribution is 8.00. The third-order valence-electron chi connectivity index (χ3n) is 3.70. The molecule has 3 aromatic rings. The van der Waals surface area contributed by atoms with E-state index in [1.165, 1.54) is 7.11 Å². The molecule has 3 rings (SSSR count).